The van der Waals surface area contributed by atoms with Crippen LogP contribution in [0.25, 0.3) is 0 Å². The molecular formula is C26H31F6N7O3. The summed E-state index contributed by atoms with van der Waals surface area (Å²) in [7, 11) is 0. The first-order chi connectivity index (χ1) is 19.8. The monoisotopic (exact) mass is 603 g/mol. The molecule has 10 nitrogen and oxygen atoms in total. The highest BCUT2D eigenvalue weighted by Crippen LogP contribution is 2.38. The van der Waals surface area contributed by atoms with Gasteiger partial charge in [0, 0.05) is 56.6 Å². The van der Waals surface area contributed by atoms with Gasteiger partial charge in [-0.2, -0.15) is 31.4 Å². The summed E-state index contributed by atoms with van der Waals surface area (Å²) in [5.74, 6) is 0.369. The Morgan fingerprint density at radius 2 is 1.88 bits per heavy atom. The van der Waals surface area contributed by atoms with Crippen molar-refractivity contribution in [3.05, 3.63) is 45.5 Å². The number of hydrogen-bond donors (Lipinski definition) is 2. The van der Waals surface area contributed by atoms with Gasteiger partial charge in [-0.25, -0.2) is 10.1 Å². The molecule has 16 heteroatoms. The van der Waals surface area contributed by atoms with Gasteiger partial charge in [0.1, 0.15) is 11.4 Å². The Labute approximate surface area is 237 Å². The van der Waals surface area contributed by atoms with Gasteiger partial charge in [-0.15, -0.1) is 0 Å². The molecular weight excluding hydrogens is 572 g/mol. The van der Waals surface area contributed by atoms with Crippen molar-refractivity contribution >= 4 is 17.4 Å². The maximum absolute atomic E-state index is 13.4. The molecule has 1 saturated heterocycles. The number of carbonyl (C=O) groups is 1. The first kappa shape index (κ1) is 30.1. The Kier molecular flexibility index (Phi) is 8.38. The SMILES string of the molecule is C[C@@H](COCCC(=O)N1CCN2c3ncc(C(F)(F)F)cc3CN(C3CC3)CC2C1)Nc1cn[nH]c(=O)c1C(F)(F)F. The first-order valence-electron chi connectivity index (χ1n) is 13.6. The lowest BCUT2D eigenvalue weighted by atomic mass is 10.1. The van der Waals surface area contributed by atoms with Crippen molar-refractivity contribution in [2.24, 2.45) is 0 Å². The fraction of sp³-hybridized carbons (Fsp3) is 0.615. The van der Waals surface area contributed by atoms with E-state index in [0.717, 1.165) is 25.2 Å². The van der Waals surface area contributed by atoms with Crippen molar-refractivity contribution in [1.82, 2.24) is 25.0 Å². The van der Waals surface area contributed by atoms with Crippen LogP contribution in [-0.4, -0.2) is 88.4 Å². The Morgan fingerprint density at radius 3 is 2.57 bits per heavy atom. The number of aromatic nitrogens is 3. The summed E-state index contributed by atoms with van der Waals surface area (Å²) in [6.07, 6.45) is -5.59. The smallest absolute Gasteiger partial charge is 0.379 e. The number of pyridine rings is 1. The maximum atomic E-state index is 13.4. The van der Waals surface area contributed by atoms with Gasteiger partial charge in [0.15, 0.2) is 0 Å². The van der Waals surface area contributed by atoms with E-state index in [1.54, 1.807) is 16.9 Å². The van der Waals surface area contributed by atoms with Crippen LogP contribution < -0.4 is 15.8 Å². The number of nitrogens with one attached hydrogen (secondary N) is 2. The third-order valence-electron chi connectivity index (χ3n) is 7.63. The number of hydrogen-bond acceptors (Lipinski definition) is 8. The van der Waals surface area contributed by atoms with Crippen molar-refractivity contribution in [3.8, 4) is 0 Å². The molecule has 0 bridgehead atoms. The number of rotatable bonds is 8. The molecule has 42 heavy (non-hydrogen) atoms. The van der Waals surface area contributed by atoms with E-state index >= 15 is 0 Å². The fourth-order valence-corrected chi connectivity index (χ4v) is 5.50. The van der Waals surface area contributed by atoms with E-state index < -0.39 is 40.8 Å². The summed E-state index contributed by atoms with van der Waals surface area (Å²) < 4.78 is 85.4. The van der Waals surface area contributed by atoms with Crippen LogP contribution in [0, 0.1) is 0 Å². The number of ether oxygens (including phenoxy) is 1. The molecule has 1 saturated carbocycles. The maximum Gasteiger partial charge on any atom is 0.423 e. The highest BCUT2D eigenvalue weighted by atomic mass is 19.4. The number of nitrogens with zero attached hydrogens (tertiary/aromatic N) is 5. The molecule has 0 spiro atoms. The molecule has 0 aromatic carbocycles. The van der Waals surface area contributed by atoms with Crippen LogP contribution in [-0.2, 0) is 28.4 Å². The molecule has 1 aliphatic carbocycles. The van der Waals surface area contributed by atoms with Crippen molar-refractivity contribution < 1.29 is 35.9 Å². The zero-order valence-electron chi connectivity index (χ0n) is 22.8. The summed E-state index contributed by atoms with van der Waals surface area (Å²) in [4.78, 5) is 34.7. The van der Waals surface area contributed by atoms with Crippen molar-refractivity contribution in [3.63, 3.8) is 0 Å². The van der Waals surface area contributed by atoms with Gasteiger partial charge in [-0.05, 0) is 25.8 Å². The second-order valence-electron chi connectivity index (χ2n) is 10.9. The summed E-state index contributed by atoms with van der Waals surface area (Å²) in [5, 5.41) is 7.77. The number of carbonyl (C=O) groups excluding carboxylic acids is 1. The number of piperazine rings is 1. The first-order valence-corrected chi connectivity index (χ1v) is 13.6. The minimum absolute atomic E-state index is 0.0213. The van der Waals surface area contributed by atoms with E-state index in [9.17, 15) is 35.9 Å². The fourth-order valence-electron chi connectivity index (χ4n) is 5.50. The van der Waals surface area contributed by atoms with Gasteiger partial charge in [0.05, 0.1) is 43.1 Å². The van der Waals surface area contributed by atoms with Crippen LogP contribution in [0.4, 0.5) is 37.8 Å². The van der Waals surface area contributed by atoms with Crippen molar-refractivity contribution in [2.75, 3.05) is 49.6 Å². The van der Waals surface area contributed by atoms with Crippen LogP contribution in [0.2, 0.25) is 0 Å². The lowest BCUT2D eigenvalue weighted by molar-refractivity contribution is -0.138. The lowest BCUT2D eigenvalue weighted by Crippen LogP contribution is -2.58. The Balaban J connectivity index is 1.15. The lowest BCUT2D eigenvalue weighted by Gasteiger charge is -2.42. The molecule has 2 fully saturated rings. The summed E-state index contributed by atoms with van der Waals surface area (Å²) >= 11 is 0. The number of fused-ring (bicyclic) bond motifs is 3. The van der Waals surface area contributed by atoms with Crippen LogP contribution >= 0.6 is 0 Å². The summed E-state index contributed by atoms with van der Waals surface area (Å²) in [5.41, 5.74) is -3.44. The summed E-state index contributed by atoms with van der Waals surface area (Å²) in [6, 6.07) is 0.739. The van der Waals surface area contributed by atoms with E-state index in [1.807, 2.05) is 4.90 Å². The standard InChI is InChI=1S/C26H31F6N7O3/c1-15(35-20-10-34-36-24(41)22(20)26(30,31)32)14-42-7-4-21(40)37-5-6-39-19(12-37)13-38(18-2-3-18)11-16-8-17(25(27,28)29)9-33-23(16)39/h8-10,15,18-19H,2-7,11-14H2,1H3,(H2,35,36,41)/t15-,19?/m0/s1. The largest absolute Gasteiger partial charge is 0.423 e. The Bertz CT molecular complexity index is 1350. The minimum Gasteiger partial charge on any atom is -0.379 e. The molecule has 2 atom stereocenters. The molecule has 2 aromatic rings. The zero-order chi connectivity index (χ0) is 30.2. The number of alkyl halides is 6. The molecule has 230 valence electrons. The van der Waals surface area contributed by atoms with Gasteiger partial charge >= 0.3 is 12.4 Å². The number of H-pyrrole nitrogens is 1. The second-order valence-corrected chi connectivity index (χ2v) is 10.9. The van der Waals surface area contributed by atoms with Crippen LogP contribution in [0.3, 0.4) is 0 Å². The molecule has 2 N–H and O–H groups in total. The van der Waals surface area contributed by atoms with Gasteiger partial charge in [0.2, 0.25) is 5.91 Å². The van der Waals surface area contributed by atoms with Crippen LogP contribution in [0.5, 0.6) is 0 Å². The average Bonchev–Trinajstić information content (AvgIpc) is 3.76. The third-order valence-corrected chi connectivity index (χ3v) is 7.63. The predicted octanol–water partition coefficient (Wildman–Crippen LogP) is 3.11. The number of halogens is 6. The van der Waals surface area contributed by atoms with Crippen LogP contribution in [0.1, 0.15) is 42.9 Å². The van der Waals surface area contributed by atoms with E-state index in [2.05, 4.69) is 20.3 Å². The topological polar surface area (TPSA) is 107 Å². The highest BCUT2D eigenvalue weighted by Gasteiger charge is 2.41. The second kappa shape index (κ2) is 11.7. The van der Waals surface area contributed by atoms with Gasteiger partial charge < -0.3 is 19.9 Å². The van der Waals surface area contributed by atoms with Crippen molar-refractivity contribution in [1.29, 1.82) is 0 Å². The van der Waals surface area contributed by atoms with E-state index in [4.69, 9.17) is 4.74 Å². The molecule has 1 amide bonds. The highest BCUT2D eigenvalue weighted by molar-refractivity contribution is 5.76. The van der Waals surface area contributed by atoms with Crippen molar-refractivity contribution in [2.45, 2.75) is 63.2 Å². The van der Waals surface area contributed by atoms with E-state index in [0.29, 0.717) is 50.1 Å². The molecule has 5 rings (SSSR count). The molecule has 2 aromatic heterocycles. The quantitative estimate of drug-likeness (QED) is 0.351. The molecule has 3 aliphatic rings. The molecule has 1 unspecified atom stereocenters. The third kappa shape index (κ3) is 6.80. The minimum atomic E-state index is -4.87. The number of aromatic amines is 1. The number of amides is 1. The molecule has 0 radical (unpaired) electrons. The summed E-state index contributed by atoms with van der Waals surface area (Å²) in [6.45, 7) is 3.74. The molecule has 4 heterocycles. The average molecular weight is 604 g/mol. The van der Waals surface area contributed by atoms with Crippen LogP contribution in [0.15, 0.2) is 23.3 Å². The Morgan fingerprint density at radius 1 is 1.12 bits per heavy atom. The zero-order valence-corrected chi connectivity index (χ0v) is 22.8. The number of anilines is 2. The normalized spacial score (nSPS) is 20.5. The van der Waals surface area contributed by atoms with E-state index in [1.165, 1.54) is 6.07 Å². The molecule has 2 aliphatic heterocycles. The van der Waals surface area contributed by atoms with Gasteiger partial charge in [-0.3, -0.25) is 14.5 Å². The van der Waals surface area contributed by atoms with Gasteiger partial charge in [0.25, 0.3) is 5.56 Å². The van der Waals surface area contributed by atoms with Gasteiger partial charge in [-0.1, -0.05) is 0 Å². The van der Waals surface area contributed by atoms with E-state index in [-0.39, 0.29) is 31.6 Å². The Hall–Kier alpha value is -3.40. The predicted molar refractivity (Wildman–Crippen MR) is 139 cm³/mol.